The number of carbonyl (C=O) groups excluding carboxylic acids is 1. The second-order valence-corrected chi connectivity index (χ2v) is 6.06. The average molecular weight is 343 g/mol. The molecule has 0 aliphatic carbocycles. The molecule has 0 spiro atoms. The molecule has 0 aliphatic rings. The minimum atomic E-state index is 0.618. The first kappa shape index (κ1) is 16.0. The molecule has 1 N–H and O–H groups in total. The molecule has 0 atom stereocenters. The third-order valence-electron chi connectivity index (χ3n) is 4.19. The summed E-state index contributed by atoms with van der Waals surface area (Å²) in [6, 6.07) is 13.9. The van der Waals surface area contributed by atoms with Crippen LogP contribution in [-0.4, -0.2) is 25.8 Å². The van der Waals surface area contributed by atoms with Crippen molar-refractivity contribution in [3.8, 4) is 22.5 Å². The number of anilines is 1. The lowest BCUT2D eigenvalue weighted by atomic mass is 10.0. The highest BCUT2D eigenvalue weighted by atomic mass is 16.1. The molecule has 0 bridgehead atoms. The van der Waals surface area contributed by atoms with Crippen LogP contribution < -0.4 is 5.32 Å². The van der Waals surface area contributed by atoms with Gasteiger partial charge in [0.25, 0.3) is 0 Å². The number of fused-ring (bicyclic) bond motifs is 1. The number of aromatic nitrogens is 4. The molecule has 4 aromatic heterocycles. The van der Waals surface area contributed by atoms with E-state index in [-0.39, 0.29) is 0 Å². The first-order valence-electron chi connectivity index (χ1n) is 8.25. The molecule has 26 heavy (non-hydrogen) atoms. The van der Waals surface area contributed by atoms with E-state index in [1.165, 1.54) is 0 Å². The Labute approximate surface area is 150 Å². The lowest BCUT2D eigenvalue weighted by Crippen LogP contribution is -1.99. The van der Waals surface area contributed by atoms with Crippen molar-refractivity contribution in [2.24, 2.45) is 0 Å². The third kappa shape index (κ3) is 2.82. The van der Waals surface area contributed by atoms with Crippen LogP contribution in [0, 0.1) is 13.8 Å². The molecular formula is C20H17N5O. The van der Waals surface area contributed by atoms with Crippen molar-refractivity contribution in [3.63, 3.8) is 0 Å². The molecule has 6 heteroatoms. The molecule has 0 saturated heterocycles. The minimum Gasteiger partial charge on any atom is -0.313 e. The fourth-order valence-electron chi connectivity index (χ4n) is 2.97. The SMILES string of the molecule is Cc1cccc(-c2nc(C)ccc2-c2ccc3ncc(NC=O)n3c2)n1. The van der Waals surface area contributed by atoms with Crippen molar-refractivity contribution in [2.75, 3.05) is 5.32 Å². The van der Waals surface area contributed by atoms with E-state index in [1.54, 1.807) is 6.20 Å². The number of carbonyl (C=O) groups is 1. The molecule has 0 aliphatic heterocycles. The maximum Gasteiger partial charge on any atom is 0.212 e. The number of hydrogen-bond donors (Lipinski definition) is 1. The minimum absolute atomic E-state index is 0.618. The predicted molar refractivity (Wildman–Crippen MR) is 101 cm³/mol. The molecular weight excluding hydrogens is 326 g/mol. The van der Waals surface area contributed by atoms with Gasteiger partial charge in [0.05, 0.1) is 17.6 Å². The number of pyridine rings is 3. The van der Waals surface area contributed by atoms with E-state index in [0.29, 0.717) is 12.2 Å². The number of rotatable bonds is 4. The molecule has 128 valence electrons. The lowest BCUT2D eigenvalue weighted by molar-refractivity contribution is -0.105. The summed E-state index contributed by atoms with van der Waals surface area (Å²) in [6.07, 6.45) is 4.22. The van der Waals surface area contributed by atoms with Crippen LogP contribution in [0.2, 0.25) is 0 Å². The van der Waals surface area contributed by atoms with Crippen LogP contribution >= 0.6 is 0 Å². The Hall–Kier alpha value is -3.54. The van der Waals surface area contributed by atoms with E-state index in [0.717, 1.165) is 39.5 Å². The van der Waals surface area contributed by atoms with Crippen LogP contribution in [0.3, 0.4) is 0 Å². The van der Waals surface area contributed by atoms with Gasteiger partial charge >= 0.3 is 0 Å². The topological polar surface area (TPSA) is 72.2 Å². The van der Waals surface area contributed by atoms with Crippen LogP contribution in [0.1, 0.15) is 11.4 Å². The molecule has 0 fully saturated rings. The van der Waals surface area contributed by atoms with Crippen LogP contribution in [0.15, 0.2) is 54.9 Å². The van der Waals surface area contributed by atoms with Gasteiger partial charge in [-0.1, -0.05) is 12.1 Å². The Morgan fingerprint density at radius 3 is 2.65 bits per heavy atom. The number of imidazole rings is 1. The maximum absolute atomic E-state index is 10.8. The largest absolute Gasteiger partial charge is 0.313 e. The first-order chi connectivity index (χ1) is 12.7. The van der Waals surface area contributed by atoms with Crippen molar-refractivity contribution in [1.82, 2.24) is 19.4 Å². The first-order valence-corrected chi connectivity index (χ1v) is 8.25. The molecule has 0 saturated carbocycles. The second kappa shape index (κ2) is 6.40. The molecule has 4 aromatic rings. The Balaban J connectivity index is 1.92. The monoisotopic (exact) mass is 343 g/mol. The van der Waals surface area contributed by atoms with Crippen LogP contribution in [0.4, 0.5) is 5.82 Å². The number of nitrogens with zero attached hydrogens (tertiary/aromatic N) is 4. The van der Waals surface area contributed by atoms with Gasteiger partial charge < -0.3 is 5.32 Å². The smallest absolute Gasteiger partial charge is 0.212 e. The quantitative estimate of drug-likeness (QED) is 0.574. The van der Waals surface area contributed by atoms with Crippen LogP contribution in [0.25, 0.3) is 28.2 Å². The summed E-state index contributed by atoms with van der Waals surface area (Å²) >= 11 is 0. The number of aryl methyl sites for hydroxylation is 2. The number of amides is 1. The molecule has 4 heterocycles. The summed E-state index contributed by atoms with van der Waals surface area (Å²) in [4.78, 5) is 24.5. The van der Waals surface area contributed by atoms with E-state index in [9.17, 15) is 4.79 Å². The van der Waals surface area contributed by atoms with E-state index in [4.69, 9.17) is 4.98 Å². The number of hydrogen-bond acceptors (Lipinski definition) is 4. The summed E-state index contributed by atoms with van der Waals surface area (Å²) < 4.78 is 1.84. The van der Waals surface area contributed by atoms with Crippen LogP contribution in [-0.2, 0) is 4.79 Å². The molecule has 4 rings (SSSR count). The third-order valence-corrected chi connectivity index (χ3v) is 4.19. The Bertz CT molecular complexity index is 1120. The van der Waals surface area contributed by atoms with Gasteiger partial charge in [0.15, 0.2) is 0 Å². The highest BCUT2D eigenvalue weighted by Gasteiger charge is 2.13. The van der Waals surface area contributed by atoms with Gasteiger partial charge in [0.2, 0.25) is 6.41 Å². The zero-order valence-corrected chi connectivity index (χ0v) is 14.5. The van der Waals surface area contributed by atoms with Gasteiger partial charge in [0.1, 0.15) is 11.5 Å². The second-order valence-electron chi connectivity index (χ2n) is 6.06. The lowest BCUT2D eigenvalue weighted by Gasteiger charge is -2.11. The Kier molecular flexibility index (Phi) is 3.93. The van der Waals surface area contributed by atoms with E-state index in [1.807, 2.05) is 66.9 Å². The highest BCUT2D eigenvalue weighted by molar-refractivity contribution is 5.80. The van der Waals surface area contributed by atoms with Crippen LogP contribution in [0.5, 0.6) is 0 Å². The summed E-state index contributed by atoms with van der Waals surface area (Å²) in [5.74, 6) is 0.618. The van der Waals surface area contributed by atoms with Gasteiger partial charge in [-0.15, -0.1) is 0 Å². The Morgan fingerprint density at radius 2 is 1.85 bits per heavy atom. The van der Waals surface area contributed by atoms with Crippen molar-refractivity contribution in [1.29, 1.82) is 0 Å². The van der Waals surface area contributed by atoms with Crippen molar-refractivity contribution < 1.29 is 4.79 Å². The van der Waals surface area contributed by atoms with Crippen molar-refractivity contribution in [2.45, 2.75) is 13.8 Å². The summed E-state index contributed by atoms with van der Waals surface area (Å²) in [7, 11) is 0. The maximum atomic E-state index is 10.8. The van der Waals surface area contributed by atoms with E-state index in [2.05, 4.69) is 15.3 Å². The molecule has 1 amide bonds. The zero-order valence-electron chi connectivity index (χ0n) is 14.5. The molecule has 0 unspecified atom stereocenters. The summed E-state index contributed by atoms with van der Waals surface area (Å²) in [5, 5.41) is 2.66. The molecule has 6 nitrogen and oxygen atoms in total. The van der Waals surface area contributed by atoms with E-state index < -0.39 is 0 Å². The normalized spacial score (nSPS) is 10.8. The molecule has 0 radical (unpaired) electrons. The van der Waals surface area contributed by atoms with Crippen molar-refractivity contribution in [3.05, 3.63) is 66.2 Å². The van der Waals surface area contributed by atoms with Gasteiger partial charge in [-0.2, -0.15) is 0 Å². The van der Waals surface area contributed by atoms with Gasteiger partial charge in [0, 0.05) is 28.7 Å². The molecule has 0 aromatic carbocycles. The van der Waals surface area contributed by atoms with Gasteiger partial charge in [-0.25, -0.2) is 4.98 Å². The summed E-state index contributed by atoms with van der Waals surface area (Å²) in [6.45, 7) is 3.93. The average Bonchev–Trinajstić information content (AvgIpc) is 3.04. The fraction of sp³-hybridized carbons (Fsp3) is 0.100. The highest BCUT2D eigenvalue weighted by Crippen LogP contribution is 2.30. The van der Waals surface area contributed by atoms with E-state index >= 15 is 0 Å². The van der Waals surface area contributed by atoms with Gasteiger partial charge in [-0.3, -0.25) is 19.2 Å². The fourth-order valence-corrected chi connectivity index (χ4v) is 2.97. The Morgan fingerprint density at radius 1 is 1.00 bits per heavy atom. The van der Waals surface area contributed by atoms with Crippen molar-refractivity contribution >= 4 is 17.9 Å². The standard InChI is InChI=1S/C20H17N5O/c1-13-4-3-5-17(23-13)20-16(8-6-14(2)24-20)15-7-9-18-21-10-19(22-12-26)25(18)11-15/h3-12H,1-2H3,(H,22,26). The zero-order chi connectivity index (χ0) is 18.1. The van der Waals surface area contributed by atoms with Gasteiger partial charge in [-0.05, 0) is 44.2 Å². The number of nitrogens with one attached hydrogen (secondary N) is 1. The predicted octanol–water partition coefficient (Wildman–Crippen LogP) is 3.64. The summed E-state index contributed by atoms with van der Waals surface area (Å²) in [5.41, 5.74) is 6.24.